The number of likely N-dealkylation sites (N-methyl/N-ethyl adjacent to an activating group) is 1. The van der Waals surface area contributed by atoms with Gasteiger partial charge in [-0.2, -0.15) is 0 Å². The number of nitrogens with zero attached hydrogens (tertiary/aromatic N) is 5. The minimum atomic E-state index is -1.04. The zero-order valence-electron chi connectivity index (χ0n) is 20.1. The molecule has 3 aromatic rings. The van der Waals surface area contributed by atoms with Crippen molar-refractivity contribution in [1.82, 2.24) is 19.2 Å². The molecule has 0 aliphatic carbocycles. The molecule has 36 heavy (non-hydrogen) atoms. The highest BCUT2D eigenvalue weighted by atomic mass is 19.1. The molecule has 1 N–H and O–H groups in total. The molecule has 0 spiro atoms. The molecule has 0 radical (unpaired) electrons. The summed E-state index contributed by atoms with van der Waals surface area (Å²) in [5.41, 5.74) is 1.97. The molecule has 9 nitrogen and oxygen atoms in total. The molecule has 4 heterocycles. The van der Waals surface area contributed by atoms with Crippen LogP contribution in [-0.4, -0.2) is 88.8 Å². The van der Waals surface area contributed by atoms with Gasteiger partial charge in [0, 0.05) is 37.9 Å². The number of hydrogen-bond acceptors (Lipinski definition) is 5. The van der Waals surface area contributed by atoms with Crippen molar-refractivity contribution in [3.63, 3.8) is 0 Å². The third kappa shape index (κ3) is 4.51. The third-order valence-corrected chi connectivity index (χ3v) is 6.70. The fraction of sp³-hybridized carbons (Fsp3) is 0.400. The van der Waals surface area contributed by atoms with E-state index in [4.69, 9.17) is 4.74 Å². The average molecular weight is 500 g/mol. The van der Waals surface area contributed by atoms with E-state index in [0.717, 1.165) is 5.56 Å². The Balaban J connectivity index is 1.56. The molecule has 0 saturated carbocycles. The van der Waals surface area contributed by atoms with Crippen molar-refractivity contribution in [2.24, 2.45) is 0 Å². The molecule has 190 valence electrons. The van der Waals surface area contributed by atoms with E-state index in [2.05, 4.69) is 4.98 Å². The Labute approximate surface area is 206 Å². The molecule has 1 atom stereocenters. The maximum atomic E-state index is 15.5. The summed E-state index contributed by atoms with van der Waals surface area (Å²) >= 11 is 0. The Morgan fingerprint density at radius 2 is 1.94 bits per heavy atom. The first-order valence-corrected chi connectivity index (χ1v) is 11.8. The van der Waals surface area contributed by atoms with Crippen molar-refractivity contribution in [3.05, 3.63) is 53.4 Å². The molecule has 2 aliphatic rings. The maximum Gasteiger partial charge on any atom is 0.407 e. The van der Waals surface area contributed by atoms with E-state index in [1.807, 2.05) is 31.0 Å². The van der Waals surface area contributed by atoms with Gasteiger partial charge in [-0.15, -0.1) is 0 Å². The smallest absolute Gasteiger partial charge is 0.407 e. The van der Waals surface area contributed by atoms with Crippen molar-refractivity contribution in [1.29, 1.82) is 0 Å². The van der Waals surface area contributed by atoms with E-state index >= 15 is 8.78 Å². The second kappa shape index (κ2) is 9.47. The summed E-state index contributed by atoms with van der Waals surface area (Å²) in [6, 6.07) is 6.02. The van der Waals surface area contributed by atoms with Gasteiger partial charge in [0.05, 0.1) is 42.8 Å². The van der Waals surface area contributed by atoms with Crippen LogP contribution in [0.4, 0.5) is 19.3 Å². The molecule has 2 fully saturated rings. The summed E-state index contributed by atoms with van der Waals surface area (Å²) in [6.07, 6.45) is 0.453. The number of anilines is 1. The number of pyridine rings is 1. The van der Waals surface area contributed by atoms with Crippen LogP contribution in [0.1, 0.15) is 11.3 Å². The molecule has 2 amide bonds. The summed E-state index contributed by atoms with van der Waals surface area (Å²) in [5.74, 6) is -1.87. The normalized spacial score (nSPS) is 19.3. The van der Waals surface area contributed by atoms with Gasteiger partial charge in [0.25, 0.3) is 0 Å². The minimum Gasteiger partial charge on any atom is -0.465 e. The second-order valence-corrected chi connectivity index (χ2v) is 9.33. The predicted molar refractivity (Wildman–Crippen MR) is 128 cm³/mol. The van der Waals surface area contributed by atoms with E-state index in [9.17, 15) is 14.7 Å². The monoisotopic (exact) mass is 499 g/mol. The maximum absolute atomic E-state index is 15.5. The van der Waals surface area contributed by atoms with Crippen molar-refractivity contribution >= 4 is 23.3 Å². The van der Waals surface area contributed by atoms with Gasteiger partial charge in [-0.3, -0.25) is 9.69 Å². The lowest BCUT2D eigenvalue weighted by atomic mass is 10.0. The third-order valence-electron chi connectivity index (χ3n) is 6.70. The van der Waals surface area contributed by atoms with E-state index in [-0.39, 0.29) is 55.5 Å². The highest BCUT2D eigenvalue weighted by Crippen LogP contribution is 2.34. The van der Waals surface area contributed by atoms with Crippen LogP contribution >= 0.6 is 0 Å². The van der Waals surface area contributed by atoms with Crippen LogP contribution in [-0.2, 0) is 16.0 Å². The van der Waals surface area contributed by atoms with Crippen LogP contribution in [0.5, 0.6) is 0 Å². The zero-order valence-corrected chi connectivity index (χ0v) is 20.1. The summed E-state index contributed by atoms with van der Waals surface area (Å²) < 4.78 is 38.6. The number of carbonyl (C=O) groups excluding carboxylic acids is 1. The van der Waals surface area contributed by atoms with Gasteiger partial charge in [-0.1, -0.05) is 0 Å². The quantitative estimate of drug-likeness (QED) is 0.594. The highest BCUT2D eigenvalue weighted by molar-refractivity contribution is 5.95. The van der Waals surface area contributed by atoms with Crippen LogP contribution < -0.4 is 4.90 Å². The number of carbonyl (C=O) groups is 2. The average Bonchev–Trinajstić information content (AvgIpc) is 3.15. The fourth-order valence-corrected chi connectivity index (χ4v) is 4.83. The van der Waals surface area contributed by atoms with Gasteiger partial charge in [0.1, 0.15) is 17.3 Å². The number of halogens is 2. The number of morpholine rings is 1. The molecule has 2 aliphatic heterocycles. The number of aromatic nitrogens is 2. The lowest BCUT2D eigenvalue weighted by Crippen LogP contribution is -2.49. The van der Waals surface area contributed by atoms with Crippen molar-refractivity contribution in [3.8, 4) is 11.3 Å². The number of amides is 2. The molecule has 2 saturated heterocycles. The number of carboxylic acid groups (broad SMARTS) is 1. The van der Waals surface area contributed by atoms with Gasteiger partial charge in [-0.25, -0.2) is 18.6 Å². The summed E-state index contributed by atoms with van der Waals surface area (Å²) in [5, 5.41) is 9.38. The van der Waals surface area contributed by atoms with Gasteiger partial charge in [-0.05, 0) is 43.8 Å². The lowest BCUT2D eigenvalue weighted by Gasteiger charge is -2.32. The number of imidazole rings is 1. The molecule has 2 aromatic heterocycles. The molecule has 0 unspecified atom stereocenters. The van der Waals surface area contributed by atoms with Crippen LogP contribution in [0.25, 0.3) is 16.9 Å². The number of hydrogen-bond donors (Lipinski definition) is 1. The number of ether oxygens (including phenoxy) is 1. The van der Waals surface area contributed by atoms with Gasteiger partial charge in [0.2, 0.25) is 5.91 Å². The zero-order chi connectivity index (χ0) is 25.6. The van der Waals surface area contributed by atoms with Crippen LogP contribution in [0.3, 0.4) is 0 Å². The Bertz CT molecular complexity index is 1320. The largest absolute Gasteiger partial charge is 0.465 e. The minimum absolute atomic E-state index is 0.128. The molecule has 11 heteroatoms. The Morgan fingerprint density at radius 1 is 1.19 bits per heavy atom. The number of benzene rings is 1. The van der Waals surface area contributed by atoms with Crippen LogP contribution in [0.15, 0.2) is 30.5 Å². The second-order valence-electron chi connectivity index (χ2n) is 9.33. The Morgan fingerprint density at radius 3 is 2.64 bits per heavy atom. The van der Waals surface area contributed by atoms with Gasteiger partial charge in [0.15, 0.2) is 0 Å². The van der Waals surface area contributed by atoms with Crippen molar-refractivity contribution in [2.45, 2.75) is 19.4 Å². The Hall–Kier alpha value is -3.57. The van der Waals surface area contributed by atoms with Crippen LogP contribution in [0, 0.1) is 18.6 Å². The number of aryl methyl sites for hydroxylation is 1. The standard InChI is InChI=1S/C25H27F2N5O4/c1-15-3-4-32-20(12-17-13-30(25(34)35)7-8-36-17)24(28-21(32)9-15)23-18(26)10-16(11-19(23)27)31-6-5-29(2)14-22(31)33/h3-4,9-11,17H,5-8,12-14H2,1-2H3,(H,34,35)/t17-/m0/s1. The molecule has 1 aromatic carbocycles. The van der Waals surface area contributed by atoms with E-state index in [0.29, 0.717) is 24.4 Å². The first kappa shape index (κ1) is 24.1. The van der Waals surface area contributed by atoms with E-state index < -0.39 is 23.8 Å². The lowest BCUT2D eigenvalue weighted by molar-refractivity contribution is -0.120. The van der Waals surface area contributed by atoms with Gasteiger partial charge >= 0.3 is 6.09 Å². The molecular formula is C25H27F2N5O4. The summed E-state index contributed by atoms with van der Waals surface area (Å²) in [6.45, 7) is 3.65. The van der Waals surface area contributed by atoms with Gasteiger partial charge < -0.3 is 24.0 Å². The van der Waals surface area contributed by atoms with Crippen molar-refractivity contribution < 1.29 is 28.2 Å². The fourth-order valence-electron chi connectivity index (χ4n) is 4.83. The first-order valence-electron chi connectivity index (χ1n) is 11.8. The Kier molecular flexibility index (Phi) is 6.35. The predicted octanol–water partition coefficient (Wildman–Crippen LogP) is 2.79. The topological polar surface area (TPSA) is 90.6 Å². The number of rotatable bonds is 4. The SMILES string of the molecule is Cc1ccn2c(C[C@H]3CN(C(=O)O)CCO3)c(-c3c(F)cc(N4CCN(C)CC4=O)cc3F)nc2c1. The molecule has 5 rings (SSSR count). The van der Waals surface area contributed by atoms with E-state index in [1.165, 1.54) is 21.9 Å². The number of fused-ring (bicyclic) bond motifs is 1. The summed E-state index contributed by atoms with van der Waals surface area (Å²) in [7, 11) is 1.82. The summed E-state index contributed by atoms with van der Waals surface area (Å²) in [4.78, 5) is 33.0. The van der Waals surface area contributed by atoms with Crippen molar-refractivity contribution in [2.75, 3.05) is 51.3 Å². The van der Waals surface area contributed by atoms with E-state index in [1.54, 1.807) is 10.6 Å². The first-order chi connectivity index (χ1) is 17.2. The van der Waals surface area contributed by atoms with Crippen LogP contribution in [0.2, 0.25) is 0 Å². The highest BCUT2D eigenvalue weighted by Gasteiger charge is 2.30. The molecule has 0 bridgehead atoms. The molecular weight excluding hydrogens is 472 g/mol. The number of piperazine rings is 1.